The second-order valence-corrected chi connectivity index (χ2v) is 2.95. The van der Waals surface area contributed by atoms with Crippen LogP contribution in [0.1, 0.15) is 32.1 Å². The fraction of sp³-hybridized carbons (Fsp3) is 0.778. The smallest absolute Gasteiger partial charge is 0.149 e. The molecule has 0 bridgehead atoms. The van der Waals surface area contributed by atoms with Gasteiger partial charge in [0.05, 0.1) is 19.4 Å². The van der Waals surface area contributed by atoms with Crippen molar-refractivity contribution in [2.45, 2.75) is 32.1 Å². The molecule has 4 heteroatoms. The molecule has 0 fully saturated rings. The maximum atomic E-state index is 4.86. The maximum absolute atomic E-state index is 4.86. The lowest BCUT2D eigenvalue weighted by Crippen LogP contribution is -1.92. The average Bonchev–Trinajstić information content (AvgIpc) is 2.18. The van der Waals surface area contributed by atoms with E-state index in [-0.39, 0.29) is 0 Å². The van der Waals surface area contributed by atoms with E-state index in [0.29, 0.717) is 6.61 Å². The van der Waals surface area contributed by atoms with Crippen LogP contribution in [-0.4, -0.2) is 13.2 Å². The van der Waals surface area contributed by atoms with E-state index in [1.807, 2.05) is 0 Å². The van der Waals surface area contributed by atoms with Gasteiger partial charge >= 0.3 is 0 Å². The van der Waals surface area contributed by atoms with E-state index in [9.17, 15) is 0 Å². The van der Waals surface area contributed by atoms with Crippen molar-refractivity contribution in [3.8, 4) is 0 Å². The lowest BCUT2D eigenvalue weighted by molar-refractivity contribution is -0.249. The molecule has 0 spiro atoms. The van der Waals surface area contributed by atoms with Gasteiger partial charge < -0.3 is 4.89 Å². The van der Waals surface area contributed by atoms with E-state index >= 15 is 0 Å². The van der Waals surface area contributed by atoms with E-state index in [1.165, 1.54) is 31.7 Å². The molecule has 4 nitrogen and oxygen atoms in total. The summed E-state index contributed by atoms with van der Waals surface area (Å²) in [6.45, 7) is 1.46. The summed E-state index contributed by atoms with van der Waals surface area (Å²) in [4.78, 5) is 9.57. The van der Waals surface area contributed by atoms with Crippen molar-refractivity contribution in [2.75, 3.05) is 13.2 Å². The highest BCUT2D eigenvalue weighted by atomic mass is 17.2. The van der Waals surface area contributed by atoms with Gasteiger partial charge in [-0.15, -0.1) is 0 Å². The van der Waals surface area contributed by atoms with Gasteiger partial charge in [0.2, 0.25) is 0 Å². The van der Waals surface area contributed by atoms with Gasteiger partial charge in [-0.05, 0) is 12.8 Å². The van der Waals surface area contributed by atoms with Gasteiger partial charge in [-0.3, -0.25) is 0 Å². The van der Waals surface area contributed by atoms with Crippen molar-refractivity contribution in [1.82, 2.24) is 0 Å². The van der Waals surface area contributed by atoms with E-state index in [1.54, 1.807) is 0 Å². The Labute approximate surface area is 78.6 Å². The Balaban J connectivity index is 2.18. The molecule has 0 saturated carbocycles. The Kier molecular flexibility index (Phi) is 6.06. The molecule has 1 heterocycles. The lowest BCUT2D eigenvalue weighted by Gasteiger charge is -1.99. The van der Waals surface area contributed by atoms with Crippen LogP contribution in [-0.2, 0) is 9.78 Å². The predicted molar refractivity (Wildman–Crippen MR) is 49.0 cm³/mol. The molecule has 0 unspecified atom stereocenters. The molecule has 13 heavy (non-hydrogen) atoms. The minimum absolute atomic E-state index is 0.654. The third kappa shape index (κ3) is 6.28. The zero-order valence-electron chi connectivity index (χ0n) is 7.82. The monoisotopic (exact) mass is 184 g/mol. The maximum Gasteiger partial charge on any atom is 0.149 e. The highest BCUT2D eigenvalue weighted by Crippen LogP contribution is 2.04. The molecule has 0 saturated heterocycles. The summed E-state index contributed by atoms with van der Waals surface area (Å²) in [5, 5.41) is 7.71. The molecule has 0 aliphatic carbocycles. The Bertz CT molecular complexity index is 151. The van der Waals surface area contributed by atoms with Crippen molar-refractivity contribution in [2.24, 2.45) is 10.2 Å². The van der Waals surface area contributed by atoms with Crippen LogP contribution in [0.4, 0.5) is 0 Å². The highest BCUT2D eigenvalue weighted by molar-refractivity contribution is 4.66. The zero-order chi connectivity index (χ0) is 9.19. The van der Waals surface area contributed by atoms with Gasteiger partial charge in [-0.25, -0.2) is 0 Å². The molecule has 0 N–H and O–H groups in total. The average molecular weight is 184 g/mol. The third-order valence-corrected chi connectivity index (χ3v) is 1.82. The van der Waals surface area contributed by atoms with Crippen LogP contribution in [0.3, 0.4) is 0 Å². The zero-order valence-corrected chi connectivity index (χ0v) is 7.82. The molecule has 0 amide bonds. The first-order valence-corrected chi connectivity index (χ1v) is 4.80. The molecule has 0 aromatic heterocycles. The summed E-state index contributed by atoms with van der Waals surface area (Å²) < 4.78 is 0. The first-order chi connectivity index (χ1) is 6.50. The quantitative estimate of drug-likeness (QED) is 0.543. The molecule has 0 radical (unpaired) electrons. The third-order valence-electron chi connectivity index (χ3n) is 1.82. The van der Waals surface area contributed by atoms with Crippen LogP contribution in [0, 0.1) is 0 Å². The molecular weight excluding hydrogens is 168 g/mol. The number of hydrogen-bond acceptors (Lipinski definition) is 4. The van der Waals surface area contributed by atoms with E-state index < -0.39 is 0 Å². The normalized spacial score (nSPS) is 20.9. The Morgan fingerprint density at radius 3 is 2.85 bits per heavy atom. The molecule has 1 aliphatic heterocycles. The van der Waals surface area contributed by atoms with Gasteiger partial charge in [0.15, 0.2) is 0 Å². The topological polar surface area (TPSA) is 43.2 Å². The van der Waals surface area contributed by atoms with Crippen molar-refractivity contribution >= 4 is 0 Å². The molecule has 0 aromatic carbocycles. The van der Waals surface area contributed by atoms with Crippen LogP contribution in [0.5, 0.6) is 0 Å². The van der Waals surface area contributed by atoms with Crippen molar-refractivity contribution < 1.29 is 9.78 Å². The van der Waals surface area contributed by atoms with E-state index in [0.717, 1.165) is 19.4 Å². The van der Waals surface area contributed by atoms with E-state index in [4.69, 9.17) is 9.78 Å². The van der Waals surface area contributed by atoms with Crippen molar-refractivity contribution in [3.63, 3.8) is 0 Å². The second kappa shape index (κ2) is 7.73. The summed E-state index contributed by atoms with van der Waals surface area (Å²) in [5.74, 6) is 0. The summed E-state index contributed by atoms with van der Waals surface area (Å²) in [7, 11) is 0. The van der Waals surface area contributed by atoms with Crippen LogP contribution in [0.15, 0.2) is 22.7 Å². The van der Waals surface area contributed by atoms with Crippen molar-refractivity contribution in [1.29, 1.82) is 0 Å². The summed E-state index contributed by atoms with van der Waals surface area (Å²) in [6, 6.07) is 0. The van der Waals surface area contributed by atoms with Gasteiger partial charge in [0.25, 0.3) is 0 Å². The predicted octanol–water partition coefficient (Wildman–Crippen LogP) is 2.82. The standard InChI is InChI=1S/C9H16N2O2/c1-2-4-6-10-11-7-9-13-12-8-5-3-1/h7,9H,1-6,8H2. The molecule has 74 valence electrons. The minimum atomic E-state index is 0.654. The van der Waals surface area contributed by atoms with Gasteiger partial charge in [0.1, 0.15) is 6.26 Å². The van der Waals surface area contributed by atoms with Gasteiger partial charge in [-0.2, -0.15) is 15.1 Å². The van der Waals surface area contributed by atoms with Gasteiger partial charge in [0, 0.05) is 0 Å². The minimum Gasteiger partial charge on any atom is -0.344 e. The summed E-state index contributed by atoms with van der Waals surface area (Å²) in [6.07, 6.45) is 8.75. The number of rotatable bonds is 0. The van der Waals surface area contributed by atoms with Gasteiger partial charge in [-0.1, -0.05) is 19.3 Å². The SMILES string of the molecule is C1=COOCCCCCCCN=N1. The Hall–Kier alpha value is -0.900. The molecule has 1 rings (SSSR count). The largest absolute Gasteiger partial charge is 0.344 e. The van der Waals surface area contributed by atoms with Crippen LogP contribution in [0.25, 0.3) is 0 Å². The highest BCUT2D eigenvalue weighted by Gasteiger charge is 1.92. The first-order valence-electron chi connectivity index (χ1n) is 4.80. The summed E-state index contributed by atoms with van der Waals surface area (Å²) in [5.41, 5.74) is 0. The number of azo groups is 1. The van der Waals surface area contributed by atoms with Crippen LogP contribution in [0.2, 0.25) is 0 Å². The first kappa shape index (κ1) is 10.2. The molecule has 1 aliphatic rings. The second-order valence-electron chi connectivity index (χ2n) is 2.95. The fourth-order valence-electron chi connectivity index (χ4n) is 1.12. The fourth-order valence-corrected chi connectivity index (χ4v) is 1.12. The Morgan fingerprint density at radius 2 is 1.85 bits per heavy atom. The Morgan fingerprint density at radius 1 is 1.00 bits per heavy atom. The number of nitrogens with zero attached hydrogens (tertiary/aromatic N) is 2. The molecule has 0 atom stereocenters. The van der Waals surface area contributed by atoms with E-state index in [2.05, 4.69) is 10.2 Å². The number of hydrogen-bond donors (Lipinski definition) is 0. The van der Waals surface area contributed by atoms with Crippen LogP contribution >= 0.6 is 0 Å². The molecule has 0 aromatic rings. The van der Waals surface area contributed by atoms with Crippen molar-refractivity contribution in [3.05, 3.63) is 12.5 Å². The lowest BCUT2D eigenvalue weighted by atomic mass is 10.1. The van der Waals surface area contributed by atoms with Crippen LogP contribution < -0.4 is 0 Å². The summed E-state index contributed by atoms with van der Waals surface area (Å²) >= 11 is 0. The molecular formula is C9H16N2O2.